The molecule has 2 atom stereocenters. The fourth-order valence-electron chi connectivity index (χ4n) is 5.90. The van der Waals surface area contributed by atoms with Gasteiger partial charge in [-0.05, 0) is 80.2 Å². The number of hydrogen-bond acceptors (Lipinski definition) is 4. The number of likely N-dealkylation sites (tertiary alicyclic amines) is 2. The van der Waals surface area contributed by atoms with E-state index in [0.717, 1.165) is 43.5 Å². The molecule has 2 fully saturated rings. The molecular weight excluding hydrogens is 483 g/mol. The van der Waals surface area contributed by atoms with Crippen LogP contribution in [0, 0.1) is 11.8 Å². The molecule has 0 bridgehead atoms. The van der Waals surface area contributed by atoms with Gasteiger partial charge in [-0.2, -0.15) is 13.2 Å². The second kappa shape index (κ2) is 10.4. The number of aryl methyl sites for hydroxylation is 3. The monoisotopic (exact) mass is 515 g/mol. The van der Waals surface area contributed by atoms with Crippen molar-refractivity contribution in [3.05, 3.63) is 64.5 Å². The summed E-state index contributed by atoms with van der Waals surface area (Å²) in [5.74, 6) is -0.937. The van der Waals surface area contributed by atoms with Crippen LogP contribution < -0.4 is 0 Å². The van der Waals surface area contributed by atoms with Crippen molar-refractivity contribution in [2.75, 3.05) is 26.2 Å². The van der Waals surface area contributed by atoms with Crippen molar-refractivity contribution in [2.45, 2.75) is 57.2 Å². The van der Waals surface area contributed by atoms with E-state index in [4.69, 9.17) is 4.98 Å². The Bertz CT molecular complexity index is 1150. The number of benzene rings is 1. The van der Waals surface area contributed by atoms with Gasteiger partial charge in [0.25, 0.3) is 0 Å². The highest BCUT2D eigenvalue weighted by Crippen LogP contribution is 2.34. The molecule has 5 rings (SSSR count). The second-order valence-electron chi connectivity index (χ2n) is 10.6. The lowest BCUT2D eigenvalue weighted by atomic mass is 9.91. The maximum absolute atomic E-state index is 13.1. The number of amides is 1. The van der Waals surface area contributed by atoms with E-state index in [1.165, 1.54) is 36.2 Å². The molecule has 3 aliphatic rings. The standard InChI is InChI=1S/C28H32F3N3O3/c29-28(30,31)22-9-6-20(7-10-22)25(27(36)37)33-14-13-21(17-33)26(35)34-15-18(16-34)5-11-23-12-8-19-3-1-2-4-24(19)32-23/h6-10,12,18,21,25H,1-5,11,13-17H2,(H,36,37)/t21-,25-/m1/s1. The van der Waals surface area contributed by atoms with Crippen LogP contribution in [0.4, 0.5) is 13.2 Å². The summed E-state index contributed by atoms with van der Waals surface area (Å²) in [6.45, 7) is 2.12. The molecule has 1 aromatic carbocycles. The minimum Gasteiger partial charge on any atom is -0.480 e. The molecule has 1 aromatic heterocycles. The Labute approximate surface area is 214 Å². The molecule has 2 aliphatic heterocycles. The molecule has 9 heteroatoms. The van der Waals surface area contributed by atoms with Gasteiger partial charge in [-0.1, -0.05) is 18.2 Å². The zero-order valence-corrected chi connectivity index (χ0v) is 20.7. The molecule has 0 spiro atoms. The number of halogens is 3. The van der Waals surface area contributed by atoms with E-state index in [1.54, 1.807) is 4.90 Å². The highest BCUT2D eigenvalue weighted by Gasteiger charge is 2.41. The van der Waals surface area contributed by atoms with E-state index in [9.17, 15) is 27.9 Å². The minimum atomic E-state index is -4.48. The first-order valence-electron chi connectivity index (χ1n) is 13.1. The Morgan fingerprint density at radius 2 is 1.76 bits per heavy atom. The predicted molar refractivity (Wildman–Crippen MR) is 131 cm³/mol. The summed E-state index contributed by atoms with van der Waals surface area (Å²) in [6.07, 6.45) is 2.60. The maximum atomic E-state index is 13.1. The number of pyridine rings is 1. The Balaban J connectivity index is 1.11. The molecule has 1 amide bonds. The fourth-order valence-corrected chi connectivity index (χ4v) is 5.90. The van der Waals surface area contributed by atoms with E-state index < -0.39 is 23.8 Å². The van der Waals surface area contributed by atoms with Gasteiger partial charge in [0, 0.05) is 37.6 Å². The van der Waals surface area contributed by atoms with Crippen LogP contribution >= 0.6 is 0 Å². The molecule has 3 heterocycles. The smallest absolute Gasteiger partial charge is 0.416 e. The van der Waals surface area contributed by atoms with E-state index in [0.29, 0.717) is 32.0 Å². The normalized spacial score (nSPS) is 21.4. The number of rotatable bonds is 7. The SMILES string of the molecule is O=C(O)[C@@H](c1ccc(C(F)(F)F)cc1)N1CC[C@@H](C(=O)N2CC(CCc3ccc4c(n3)CCCC4)C2)C1. The highest BCUT2D eigenvalue weighted by molar-refractivity contribution is 5.81. The van der Waals surface area contributed by atoms with Gasteiger partial charge in [-0.25, -0.2) is 0 Å². The van der Waals surface area contributed by atoms with Gasteiger partial charge in [-0.15, -0.1) is 0 Å². The third kappa shape index (κ3) is 5.66. The highest BCUT2D eigenvalue weighted by atomic mass is 19.4. The lowest BCUT2D eigenvalue weighted by molar-refractivity contribution is -0.145. The summed E-state index contributed by atoms with van der Waals surface area (Å²) in [5, 5.41) is 9.80. The maximum Gasteiger partial charge on any atom is 0.416 e. The van der Waals surface area contributed by atoms with Crippen molar-refractivity contribution < 1.29 is 27.9 Å². The molecule has 1 aliphatic carbocycles. The molecular formula is C28H32F3N3O3. The van der Waals surface area contributed by atoms with Gasteiger partial charge >= 0.3 is 12.1 Å². The molecule has 0 saturated carbocycles. The van der Waals surface area contributed by atoms with Crippen LogP contribution in [0.2, 0.25) is 0 Å². The lowest BCUT2D eigenvalue weighted by Gasteiger charge is -2.41. The average molecular weight is 516 g/mol. The van der Waals surface area contributed by atoms with Gasteiger partial charge in [0.1, 0.15) is 6.04 Å². The predicted octanol–water partition coefficient (Wildman–Crippen LogP) is 4.52. The van der Waals surface area contributed by atoms with E-state index in [1.807, 2.05) is 4.90 Å². The number of carbonyl (C=O) groups is 2. The largest absolute Gasteiger partial charge is 0.480 e. The lowest BCUT2D eigenvalue weighted by Crippen LogP contribution is -2.52. The Morgan fingerprint density at radius 1 is 1.03 bits per heavy atom. The van der Waals surface area contributed by atoms with Crippen molar-refractivity contribution >= 4 is 11.9 Å². The molecule has 1 N–H and O–H groups in total. The van der Waals surface area contributed by atoms with Crippen LogP contribution in [0.25, 0.3) is 0 Å². The molecule has 0 radical (unpaired) electrons. The number of fused-ring (bicyclic) bond motifs is 1. The number of hydrogen-bond donors (Lipinski definition) is 1. The van der Waals surface area contributed by atoms with Gasteiger partial charge in [-0.3, -0.25) is 19.5 Å². The molecule has 198 valence electrons. The third-order valence-electron chi connectivity index (χ3n) is 8.04. The number of carboxylic acids is 1. The van der Waals surface area contributed by atoms with Crippen LogP contribution in [-0.4, -0.2) is 57.9 Å². The topological polar surface area (TPSA) is 73.7 Å². The first-order valence-corrected chi connectivity index (χ1v) is 13.1. The Morgan fingerprint density at radius 3 is 2.46 bits per heavy atom. The first-order chi connectivity index (χ1) is 17.7. The number of aromatic nitrogens is 1. The van der Waals surface area contributed by atoms with Gasteiger partial charge in [0.05, 0.1) is 11.5 Å². The zero-order chi connectivity index (χ0) is 26.2. The van der Waals surface area contributed by atoms with E-state index in [-0.39, 0.29) is 23.9 Å². The Hall–Kier alpha value is -2.94. The van der Waals surface area contributed by atoms with Crippen molar-refractivity contribution in [1.29, 1.82) is 0 Å². The summed E-state index contributed by atoms with van der Waals surface area (Å²) in [7, 11) is 0. The average Bonchev–Trinajstić information content (AvgIpc) is 3.32. The molecule has 2 aromatic rings. The van der Waals surface area contributed by atoms with Crippen LogP contribution in [0.5, 0.6) is 0 Å². The van der Waals surface area contributed by atoms with Crippen molar-refractivity contribution in [3.63, 3.8) is 0 Å². The summed E-state index contributed by atoms with van der Waals surface area (Å²) in [5.41, 5.74) is 3.22. The second-order valence-corrected chi connectivity index (χ2v) is 10.6. The summed E-state index contributed by atoms with van der Waals surface area (Å²) in [4.78, 5) is 33.4. The Kier molecular flexibility index (Phi) is 7.25. The minimum absolute atomic E-state index is 0.0437. The van der Waals surface area contributed by atoms with Crippen LogP contribution in [0.3, 0.4) is 0 Å². The molecule has 0 unspecified atom stereocenters. The van der Waals surface area contributed by atoms with Crippen LogP contribution in [0.1, 0.15) is 59.8 Å². The summed E-state index contributed by atoms with van der Waals surface area (Å²) < 4.78 is 38.7. The zero-order valence-electron chi connectivity index (χ0n) is 20.7. The van der Waals surface area contributed by atoms with Crippen LogP contribution in [0.15, 0.2) is 36.4 Å². The number of carbonyl (C=O) groups excluding carboxylic acids is 1. The summed E-state index contributed by atoms with van der Waals surface area (Å²) in [6, 6.07) is 7.52. The first kappa shape index (κ1) is 25.7. The van der Waals surface area contributed by atoms with Crippen LogP contribution in [-0.2, 0) is 35.0 Å². The van der Waals surface area contributed by atoms with E-state index >= 15 is 0 Å². The van der Waals surface area contributed by atoms with Crippen molar-refractivity contribution in [3.8, 4) is 0 Å². The quantitative estimate of drug-likeness (QED) is 0.587. The fraction of sp³-hybridized carbons (Fsp3) is 0.536. The van der Waals surface area contributed by atoms with Gasteiger partial charge in [0.2, 0.25) is 5.91 Å². The van der Waals surface area contributed by atoms with Crippen molar-refractivity contribution in [1.82, 2.24) is 14.8 Å². The molecule has 37 heavy (non-hydrogen) atoms. The summed E-state index contributed by atoms with van der Waals surface area (Å²) >= 11 is 0. The van der Waals surface area contributed by atoms with Crippen molar-refractivity contribution in [2.24, 2.45) is 11.8 Å². The number of carboxylic acid groups (broad SMARTS) is 1. The van der Waals surface area contributed by atoms with E-state index in [2.05, 4.69) is 12.1 Å². The number of nitrogens with zero attached hydrogens (tertiary/aromatic N) is 3. The molecule has 6 nitrogen and oxygen atoms in total. The number of alkyl halides is 3. The number of aliphatic carboxylic acids is 1. The van der Waals surface area contributed by atoms with Gasteiger partial charge in [0.15, 0.2) is 0 Å². The molecule has 2 saturated heterocycles. The third-order valence-corrected chi connectivity index (χ3v) is 8.04. The van der Waals surface area contributed by atoms with Gasteiger partial charge < -0.3 is 10.0 Å².